The zero-order chi connectivity index (χ0) is 56.5. The summed E-state index contributed by atoms with van der Waals surface area (Å²) in [7, 11) is 0. The number of benzene rings is 5. The molecule has 0 fully saturated rings. The van der Waals surface area contributed by atoms with Crippen molar-refractivity contribution in [3.63, 3.8) is 0 Å². The predicted molar refractivity (Wildman–Crippen MR) is 314 cm³/mol. The number of carbonyl (C=O) groups excluding carboxylic acids is 6. The van der Waals surface area contributed by atoms with Crippen LogP contribution in [0, 0.1) is 0 Å². The minimum Gasteiger partial charge on any atom is -0.491 e. The van der Waals surface area contributed by atoms with Gasteiger partial charge in [0.05, 0.1) is 19.2 Å². The molecule has 5 aromatic carbocycles. The molecule has 5 aromatic rings. The molecule has 0 radical (unpaired) electrons. The fourth-order valence-electron chi connectivity index (χ4n) is 9.11. The van der Waals surface area contributed by atoms with Crippen LogP contribution >= 0.6 is 0 Å². The van der Waals surface area contributed by atoms with Gasteiger partial charge in [0.25, 0.3) is 11.8 Å². The van der Waals surface area contributed by atoms with Gasteiger partial charge in [0.1, 0.15) is 18.1 Å². The number of nitrogens with one attached hydrogen (secondary N) is 2. The van der Waals surface area contributed by atoms with E-state index in [1.165, 1.54) is 89.9 Å². The summed E-state index contributed by atoms with van der Waals surface area (Å²) in [6.45, 7) is 9.38. The van der Waals surface area contributed by atoms with Gasteiger partial charge < -0.3 is 24.8 Å². The van der Waals surface area contributed by atoms with Crippen LogP contribution in [0.2, 0.25) is 0 Å². The van der Waals surface area contributed by atoms with Crippen molar-refractivity contribution < 1.29 is 43.0 Å². The van der Waals surface area contributed by atoms with Crippen molar-refractivity contribution in [3.05, 3.63) is 155 Å². The highest BCUT2D eigenvalue weighted by molar-refractivity contribution is 6.46. The number of nitrogens with zero attached hydrogens (tertiary/aromatic N) is 2. The molecule has 424 valence electrons. The highest BCUT2D eigenvalue weighted by Gasteiger charge is 2.33. The standard InChI is InChI=1S/C66H86N4O9/c1-5-7-9-11-13-15-17-19-21-26-46-67-61(71)55-34-30-52(31-35-55)48-69(57-38-42-59(43-39-57)77-50-54-28-24-23-25-29-54)63(73)65(75)79-66(76)64(74)70(58-40-44-60(45-41-58)78-51(3)4)49-53-32-36-56(37-33-53)62(72)68-47-27-22-20-18-16-14-12-10-8-6-2/h23-25,28-45,51H,5-22,26-27,46-50H2,1-4H3,(H,67,71)(H,68,72). The Bertz CT molecular complexity index is 2580. The van der Waals surface area contributed by atoms with Crippen molar-refractivity contribution in [3.8, 4) is 11.5 Å². The van der Waals surface area contributed by atoms with Crippen molar-refractivity contribution in [2.24, 2.45) is 0 Å². The lowest BCUT2D eigenvalue weighted by molar-refractivity contribution is -0.167. The molecule has 0 aliphatic heterocycles. The monoisotopic (exact) mass is 1080 g/mol. The Balaban J connectivity index is 1.23. The smallest absolute Gasteiger partial charge is 0.405 e. The summed E-state index contributed by atoms with van der Waals surface area (Å²) in [5, 5.41) is 6.00. The second-order valence-corrected chi connectivity index (χ2v) is 20.7. The van der Waals surface area contributed by atoms with E-state index in [1.54, 1.807) is 97.1 Å². The third-order valence-corrected chi connectivity index (χ3v) is 13.7. The number of amides is 4. The third-order valence-electron chi connectivity index (χ3n) is 13.7. The van der Waals surface area contributed by atoms with Gasteiger partial charge in [0, 0.05) is 35.6 Å². The van der Waals surface area contributed by atoms with E-state index in [2.05, 4.69) is 24.5 Å². The predicted octanol–water partition coefficient (Wildman–Crippen LogP) is 14.2. The molecule has 79 heavy (non-hydrogen) atoms. The molecule has 0 heterocycles. The SMILES string of the molecule is CCCCCCCCCCCCNC(=O)c1ccc(CN(C(=O)C(=O)OC(=O)C(=O)N(Cc2ccc(C(=O)NCCCCCCCCCCCC)cc2)c2ccc(OC(C)C)cc2)c2ccc(OCc3ccccc3)cc2)cc1. The van der Waals surface area contributed by atoms with E-state index >= 15 is 0 Å². The Hall–Kier alpha value is -7.28. The number of rotatable bonds is 35. The number of unbranched alkanes of at least 4 members (excludes halogenated alkanes) is 18. The molecular weight excluding hydrogens is 993 g/mol. The molecule has 0 saturated carbocycles. The van der Waals surface area contributed by atoms with Crippen molar-refractivity contribution in [2.45, 2.75) is 182 Å². The second kappa shape index (κ2) is 36.0. The molecule has 0 atom stereocenters. The second-order valence-electron chi connectivity index (χ2n) is 20.7. The first kappa shape index (κ1) is 62.6. The van der Waals surface area contributed by atoms with Crippen molar-refractivity contribution >= 4 is 46.9 Å². The van der Waals surface area contributed by atoms with Gasteiger partial charge in [-0.25, -0.2) is 9.59 Å². The van der Waals surface area contributed by atoms with Crippen molar-refractivity contribution in [1.29, 1.82) is 0 Å². The van der Waals surface area contributed by atoms with Gasteiger partial charge in [-0.2, -0.15) is 0 Å². The van der Waals surface area contributed by atoms with Gasteiger partial charge in [-0.05, 0) is 116 Å². The molecule has 4 amide bonds. The molecule has 0 bridgehead atoms. The van der Waals surface area contributed by atoms with Crippen LogP contribution in [-0.2, 0) is 43.6 Å². The summed E-state index contributed by atoms with van der Waals surface area (Å²) >= 11 is 0. The first-order valence-electron chi connectivity index (χ1n) is 29.1. The molecule has 0 aliphatic rings. The van der Waals surface area contributed by atoms with Crippen LogP contribution in [0.4, 0.5) is 11.4 Å². The molecule has 5 rings (SSSR count). The minimum atomic E-state index is -1.57. The van der Waals surface area contributed by atoms with Crippen LogP contribution in [0.1, 0.15) is 194 Å². The maximum atomic E-state index is 14.2. The Morgan fingerprint density at radius 1 is 0.418 bits per heavy atom. The maximum absolute atomic E-state index is 14.2. The zero-order valence-corrected chi connectivity index (χ0v) is 47.4. The third kappa shape index (κ3) is 23.3. The molecule has 0 saturated heterocycles. The van der Waals surface area contributed by atoms with E-state index in [1.807, 2.05) is 44.2 Å². The highest BCUT2D eigenvalue weighted by atomic mass is 16.6. The number of carbonyl (C=O) groups is 6. The van der Waals surface area contributed by atoms with Crippen LogP contribution in [0.5, 0.6) is 11.5 Å². The number of hydrogen-bond donors (Lipinski definition) is 2. The molecule has 0 spiro atoms. The summed E-state index contributed by atoms with van der Waals surface area (Å²) in [6.07, 6.45) is 23.9. The Morgan fingerprint density at radius 3 is 1.16 bits per heavy atom. The van der Waals surface area contributed by atoms with Crippen molar-refractivity contribution in [2.75, 3.05) is 22.9 Å². The Labute approximate surface area is 470 Å². The number of ether oxygens (including phenoxy) is 3. The first-order chi connectivity index (χ1) is 38.4. The van der Waals surface area contributed by atoms with Gasteiger partial charge in [0.2, 0.25) is 0 Å². The summed E-state index contributed by atoms with van der Waals surface area (Å²) in [4.78, 5) is 84.4. The summed E-state index contributed by atoms with van der Waals surface area (Å²) in [5.74, 6) is -4.92. The van der Waals surface area contributed by atoms with E-state index in [0.29, 0.717) is 59.1 Å². The van der Waals surface area contributed by atoms with Gasteiger partial charge >= 0.3 is 23.8 Å². The van der Waals surface area contributed by atoms with E-state index < -0.39 is 23.8 Å². The number of anilines is 2. The summed E-state index contributed by atoms with van der Waals surface area (Å²) in [6, 6.07) is 36.1. The molecule has 2 N–H and O–H groups in total. The molecular formula is C66H86N4O9. The molecule has 13 nitrogen and oxygen atoms in total. The quantitative estimate of drug-likeness (QED) is 0.0174. The topological polar surface area (TPSA) is 161 Å². The van der Waals surface area contributed by atoms with Crippen LogP contribution in [-0.4, -0.2) is 54.8 Å². The lowest BCUT2D eigenvalue weighted by Gasteiger charge is -2.24. The molecule has 0 unspecified atom stereocenters. The molecule has 13 heteroatoms. The van der Waals surface area contributed by atoms with Crippen LogP contribution in [0.15, 0.2) is 127 Å². The zero-order valence-electron chi connectivity index (χ0n) is 47.4. The van der Waals surface area contributed by atoms with Crippen LogP contribution in [0.3, 0.4) is 0 Å². The van der Waals surface area contributed by atoms with E-state index in [-0.39, 0.29) is 36.7 Å². The highest BCUT2D eigenvalue weighted by Crippen LogP contribution is 2.26. The van der Waals surface area contributed by atoms with Gasteiger partial charge in [0.15, 0.2) is 0 Å². The van der Waals surface area contributed by atoms with Gasteiger partial charge in [-0.3, -0.25) is 29.0 Å². The van der Waals surface area contributed by atoms with E-state index in [0.717, 1.165) is 53.9 Å². The largest absolute Gasteiger partial charge is 0.491 e. The van der Waals surface area contributed by atoms with E-state index in [9.17, 15) is 28.8 Å². The summed E-state index contributed by atoms with van der Waals surface area (Å²) in [5.41, 5.74) is 3.59. The fraction of sp³-hybridized carbons (Fsp3) is 0.455. The minimum absolute atomic E-state index is 0.118. The van der Waals surface area contributed by atoms with E-state index in [4.69, 9.17) is 14.2 Å². The lowest BCUT2D eigenvalue weighted by atomic mass is 10.1. The van der Waals surface area contributed by atoms with Crippen molar-refractivity contribution in [1.82, 2.24) is 10.6 Å². The molecule has 0 aromatic heterocycles. The van der Waals surface area contributed by atoms with Crippen LogP contribution in [0.25, 0.3) is 0 Å². The normalized spacial score (nSPS) is 10.9. The van der Waals surface area contributed by atoms with Crippen LogP contribution < -0.4 is 29.9 Å². The molecule has 0 aliphatic carbocycles. The Kier molecular flexibility index (Phi) is 28.5. The average Bonchev–Trinajstić information content (AvgIpc) is 3.48. The first-order valence-corrected chi connectivity index (χ1v) is 29.1. The Morgan fingerprint density at radius 2 is 0.785 bits per heavy atom. The average molecular weight is 1080 g/mol. The lowest BCUT2D eigenvalue weighted by Crippen LogP contribution is -2.42. The fourth-order valence-corrected chi connectivity index (χ4v) is 9.11. The van der Waals surface area contributed by atoms with Gasteiger partial charge in [-0.1, -0.05) is 184 Å². The van der Waals surface area contributed by atoms with Gasteiger partial charge in [-0.15, -0.1) is 0 Å². The maximum Gasteiger partial charge on any atom is 0.405 e. The number of hydrogen-bond acceptors (Lipinski definition) is 9. The summed E-state index contributed by atoms with van der Waals surface area (Å²) < 4.78 is 16.9. The number of esters is 2.